The number of methoxy groups -OCH3 is 1. The number of halogens is 1. The maximum atomic E-state index is 6.20. The highest BCUT2D eigenvalue weighted by atomic mass is 35.5. The summed E-state index contributed by atoms with van der Waals surface area (Å²) >= 11 is 0. The van der Waals surface area contributed by atoms with Crippen molar-refractivity contribution in [2.45, 2.75) is 25.8 Å². The van der Waals surface area contributed by atoms with Gasteiger partial charge in [-0.05, 0) is 56.0 Å². The van der Waals surface area contributed by atoms with E-state index in [4.69, 9.17) is 10.5 Å². The van der Waals surface area contributed by atoms with Gasteiger partial charge in [0.2, 0.25) is 0 Å². The average molecular weight is 352 g/mol. The Bertz CT molecular complexity index is 576. The van der Waals surface area contributed by atoms with E-state index in [0.717, 1.165) is 43.4 Å². The first kappa shape index (κ1) is 19.1. The first-order chi connectivity index (χ1) is 11.1. The largest absolute Gasteiger partial charge is 0.495 e. The Balaban J connectivity index is 0.00000208. The van der Waals surface area contributed by atoms with Crippen LogP contribution in [0.3, 0.4) is 0 Å². The Morgan fingerprint density at radius 2 is 1.88 bits per heavy atom. The fourth-order valence-corrected chi connectivity index (χ4v) is 3.13. The summed E-state index contributed by atoms with van der Waals surface area (Å²) in [4.78, 5) is 4.80. The molecule has 0 aromatic heterocycles. The molecule has 2 aliphatic rings. The number of ether oxygens (including phenoxy) is 1. The molecule has 24 heavy (non-hydrogen) atoms. The Morgan fingerprint density at radius 3 is 2.42 bits per heavy atom. The number of benzene rings is 1. The van der Waals surface area contributed by atoms with Crippen LogP contribution in [0, 0.1) is 5.92 Å². The van der Waals surface area contributed by atoms with Crippen LogP contribution in [0.15, 0.2) is 18.2 Å². The molecule has 0 spiro atoms. The van der Waals surface area contributed by atoms with Crippen LogP contribution in [0.1, 0.15) is 36.9 Å². The summed E-state index contributed by atoms with van der Waals surface area (Å²) in [6, 6.07) is 4.40. The zero-order chi connectivity index (χ0) is 16.4. The minimum absolute atomic E-state index is 0. The first-order valence-electron chi connectivity index (χ1n) is 8.67. The molecule has 1 heterocycles. The lowest BCUT2D eigenvalue weighted by atomic mass is 9.99. The molecular formula is C19H30ClN3O. The van der Waals surface area contributed by atoms with Crippen LogP contribution in [0.4, 0.5) is 5.69 Å². The van der Waals surface area contributed by atoms with E-state index >= 15 is 0 Å². The molecule has 0 bridgehead atoms. The topological polar surface area (TPSA) is 41.7 Å². The monoisotopic (exact) mass is 351 g/mol. The third kappa shape index (κ3) is 4.44. The SMILES string of the molecule is COc1cc([C@H](C)N)c(/C=C/C2CC2)cc1N1CCN(C)CC1.Cl. The van der Waals surface area contributed by atoms with Crippen molar-refractivity contribution in [3.63, 3.8) is 0 Å². The van der Waals surface area contributed by atoms with Crippen LogP contribution in [-0.4, -0.2) is 45.2 Å². The van der Waals surface area contributed by atoms with Crippen molar-refractivity contribution in [1.82, 2.24) is 4.90 Å². The van der Waals surface area contributed by atoms with Gasteiger partial charge in [-0.2, -0.15) is 0 Å². The number of likely N-dealkylation sites (N-methyl/N-ethyl adjacent to an activating group) is 1. The molecule has 5 heteroatoms. The molecule has 1 saturated heterocycles. The predicted octanol–water partition coefficient (Wildman–Crippen LogP) is 3.31. The number of anilines is 1. The summed E-state index contributed by atoms with van der Waals surface area (Å²) < 4.78 is 5.67. The van der Waals surface area contributed by atoms with Crippen molar-refractivity contribution in [1.29, 1.82) is 0 Å². The number of nitrogens with two attached hydrogens (primary N) is 1. The highest BCUT2D eigenvalue weighted by molar-refractivity contribution is 5.85. The summed E-state index contributed by atoms with van der Waals surface area (Å²) in [5, 5.41) is 0. The van der Waals surface area contributed by atoms with E-state index in [-0.39, 0.29) is 18.4 Å². The molecule has 1 aromatic rings. The molecule has 0 unspecified atom stereocenters. The molecule has 2 fully saturated rings. The molecular weight excluding hydrogens is 322 g/mol. The summed E-state index contributed by atoms with van der Waals surface area (Å²) in [5.41, 5.74) is 9.79. The van der Waals surface area contributed by atoms with Gasteiger partial charge >= 0.3 is 0 Å². The molecule has 0 radical (unpaired) electrons. The standard InChI is InChI=1S/C19H29N3O.ClH/c1-14(20)17-13-19(23-3)18(22-10-8-21(2)9-11-22)12-16(17)7-6-15-4-5-15;/h6-7,12-15H,4-5,8-11,20H2,1-3H3;1H/b7-6+;/t14-;/m0./s1. The molecule has 1 aliphatic carbocycles. The fraction of sp³-hybridized carbons (Fsp3) is 0.579. The van der Waals surface area contributed by atoms with Gasteiger partial charge in [-0.1, -0.05) is 12.2 Å². The summed E-state index contributed by atoms with van der Waals surface area (Å²) in [6.07, 6.45) is 7.24. The van der Waals surface area contributed by atoms with E-state index < -0.39 is 0 Å². The van der Waals surface area contributed by atoms with E-state index in [9.17, 15) is 0 Å². The number of hydrogen-bond acceptors (Lipinski definition) is 4. The Hall–Kier alpha value is -1.23. The van der Waals surface area contributed by atoms with Gasteiger partial charge in [-0.15, -0.1) is 12.4 Å². The number of allylic oxidation sites excluding steroid dienone is 1. The van der Waals surface area contributed by atoms with E-state index in [1.165, 1.54) is 24.1 Å². The highest BCUT2D eigenvalue weighted by Crippen LogP contribution is 2.36. The normalized spacial score (nSPS) is 20.1. The fourth-order valence-electron chi connectivity index (χ4n) is 3.13. The number of nitrogens with zero attached hydrogens (tertiary/aromatic N) is 2. The summed E-state index contributed by atoms with van der Waals surface area (Å²) in [7, 11) is 3.93. The van der Waals surface area contributed by atoms with Crippen LogP contribution in [0.2, 0.25) is 0 Å². The molecule has 1 atom stereocenters. The number of rotatable bonds is 5. The molecule has 1 aliphatic heterocycles. The van der Waals surface area contributed by atoms with Gasteiger partial charge in [-0.25, -0.2) is 0 Å². The first-order valence-corrected chi connectivity index (χ1v) is 8.67. The van der Waals surface area contributed by atoms with E-state index in [2.05, 4.69) is 41.1 Å². The van der Waals surface area contributed by atoms with Crippen molar-refractivity contribution < 1.29 is 4.74 Å². The highest BCUT2D eigenvalue weighted by Gasteiger charge is 2.21. The zero-order valence-corrected chi connectivity index (χ0v) is 15.8. The van der Waals surface area contributed by atoms with Crippen molar-refractivity contribution in [3.8, 4) is 5.75 Å². The van der Waals surface area contributed by atoms with Gasteiger partial charge in [0, 0.05) is 32.2 Å². The van der Waals surface area contributed by atoms with E-state index in [1.54, 1.807) is 7.11 Å². The second kappa shape index (κ2) is 8.24. The van der Waals surface area contributed by atoms with Crippen LogP contribution < -0.4 is 15.4 Å². The molecule has 1 aromatic carbocycles. The molecule has 3 rings (SSSR count). The maximum absolute atomic E-state index is 6.20. The maximum Gasteiger partial charge on any atom is 0.142 e. The minimum atomic E-state index is 0. The molecule has 2 N–H and O–H groups in total. The van der Waals surface area contributed by atoms with Crippen molar-refractivity contribution >= 4 is 24.2 Å². The Morgan fingerprint density at radius 1 is 1.21 bits per heavy atom. The molecule has 4 nitrogen and oxygen atoms in total. The van der Waals surface area contributed by atoms with Crippen LogP contribution in [0.25, 0.3) is 6.08 Å². The van der Waals surface area contributed by atoms with Crippen LogP contribution in [0.5, 0.6) is 5.75 Å². The Kier molecular flexibility index (Phi) is 6.55. The quantitative estimate of drug-likeness (QED) is 0.883. The van der Waals surface area contributed by atoms with Gasteiger partial charge in [0.05, 0.1) is 12.8 Å². The van der Waals surface area contributed by atoms with Gasteiger partial charge < -0.3 is 20.3 Å². The average Bonchev–Trinajstić information content (AvgIpc) is 3.37. The third-order valence-electron chi connectivity index (χ3n) is 4.89. The smallest absolute Gasteiger partial charge is 0.142 e. The second-order valence-electron chi connectivity index (χ2n) is 6.93. The van der Waals surface area contributed by atoms with Crippen LogP contribution in [-0.2, 0) is 0 Å². The van der Waals surface area contributed by atoms with Gasteiger partial charge in [0.25, 0.3) is 0 Å². The van der Waals surface area contributed by atoms with Gasteiger partial charge in [-0.3, -0.25) is 0 Å². The number of piperazine rings is 1. The third-order valence-corrected chi connectivity index (χ3v) is 4.89. The second-order valence-corrected chi connectivity index (χ2v) is 6.93. The molecule has 0 amide bonds. The van der Waals surface area contributed by atoms with Crippen molar-refractivity contribution in [2.24, 2.45) is 11.7 Å². The van der Waals surface area contributed by atoms with E-state index in [1.807, 2.05) is 6.92 Å². The molecule has 134 valence electrons. The minimum Gasteiger partial charge on any atom is -0.495 e. The summed E-state index contributed by atoms with van der Waals surface area (Å²) in [5.74, 6) is 1.70. The Labute approximate surface area is 152 Å². The number of hydrogen-bond donors (Lipinski definition) is 1. The zero-order valence-electron chi connectivity index (χ0n) is 15.0. The summed E-state index contributed by atoms with van der Waals surface area (Å²) in [6.45, 7) is 6.29. The predicted molar refractivity (Wildman–Crippen MR) is 104 cm³/mol. The molecule has 1 saturated carbocycles. The van der Waals surface area contributed by atoms with Gasteiger partial charge in [0.15, 0.2) is 0 Å². The van der Waals surface area contributed by atoms with E-state index in [0.29, 0.717) is 0 Å². The van der Waals surface area contributed by atoms with Gasteiger partial charge in [0.1, 0.15) is 5.75 Å². The lowest BCUT2D eigenvalue weighted by Gasteiger charge is -2.35. The van der Waals surface area contributed by atoms with Crippen molar-refractivity contribution in [2.75, 3.05) is 45.2 Å². The van der Waals surface area contributed by atoms with Crippen molar-refractivity contribution in [3.05, 3.63) is 29.3 Å². The van der Waals surface area contributed by atoms with Crippen LogP contribution >= 0.6 is 12.4 Å². The lowest BCUT2D eigenvalue weighted by molar-refractivity contribution is 0.311. The lowest BCUT2D eigenvalue weighted by Crippen LogP contribution is -2.44.